The zero-order chi connectivity index (χ0) is 28.2. The van der Waals surface area contributed by atoms with Crippen molar-refractivity contribution in [3.8, 4) is 11.3 Å². The van der Waals surface area contributed by atoms with Crippen molar-refractivity contribution >= 4 is 18.1 Å². The summed E-state index contributed by atoms with van der Waals surface area (Å²) in [6.07, 6.45) is 4.38. The quantitative estimate of drug-likeness (QED) is 0.423. The van der Waals surface area contributed by atoms with Gasteiger partial charge in [-0.15, -0.1) is 0 Å². The minimum absolute atomic E-state index is 0.178. The van der Waals surface area contributed by atoms with E-state index in [9.17, 15) is 14.4 Å². The van der Waals surface area contributed by atoms with Crippen LogP contribution in [-0.2, 0) is 42.7 Å². The van der Waals surface area contributed by atoms with Gasteiger partial charge in [0.2, 0.25) is 5.91 Å². The van der Waals surface area contributed by atoms with Gasteiger partial charge in [-0.3, -0.25) is 24.3 Å². The fourth-order valence-electron chi connectivity index (χ4n) is 5.71. The number of rotatable bonds is 8. The van der Waals surface area contributed by atoms with Gasteiger partial charge < -0.3 is 15.0 Å². The van der Waals surface area contributed by atoms with Crippen LogP contribution in [-0.4, -0.2) is 57.3 Å². The van der Waals surface area contributed by atoms with E-state index in [1.54, 1.807) is 11.9 Å². The highest BCUT2D eigenvalue weighted by molar-refractivity contribution is 6.01. The van der Waals surface area contributed by atoms with E-state index in [1.807, 2.05) is 36.1 Å². The summed E-state index contributed by atoms with van der Waals surface area (Å²) in [5.74, 6) is -0.436. The molecule has 3 heterocycles. The first kappa shape index (κ1) is 27.4. The van der Waals surface area contributed by atoms with Crippen LogP contribution in [0.2, 0.25) is 0 Å². The normalized spacial score (nSPS) is 15.3. The Balaban J connectivity index is 1.45. The summed E-state index contributed by atoms with van der Waals surface area (Å²) in [6.45, 7) is 5.26. The number of nitrogens with zero attached hydrogens (tertiary/aromatic N) is 3. The van der Waals surface area contributed by atoms with Crippen molar-refractivity contribution < 1.29 is 14.4 Å². The number of likely N-dealkylation sites (N-methyl/N-ethyl adjacent to an activating group) is 1. The number of H-pyrrole nitrogens is 1. The van der Waals surface area contributed by atoms with E-state index in [0.29, 0.717) is 18.5 Å². The molecule has 1 unspecified atom stereocenters. The Kier molecular flexibility index (Phi) is 8.16. The van der Waals surface area contributed by atoms with Gasteiger partial charge in [0.05, 0.1) is 5.69 Å². The lowest BCUT2D eigenvalue weighted by molar-refractivity contribution is -0.125. The summed E-state index contributed by atoms with van der Waals surface area (Å²) in [5, 5.41) is 6.12. The van der Waals surface area contributed by atoms with Gasteiger partial charge in [-0.1, -0.05) is 30.3 Å². The first-order chi connectivity index (χ1) is 19.4. The monoisotopic (exact) mass is 539 g/mol. The second-order valence-electron chi connectivity index (χ2n) is 10.7. The number of fused-ring (bicyclic) bond motifs is 2. The molecule has 208 valence electrons. The molecule has 2 aliphatic heterocycles. The van der Waals surface area contributed by atoms with E-state index in [4.69, 9.17) is 0 Å². The third-order valence-corrected chi connectivity index (χ3v) is 8.01. The highest BCUT2D eigenvalue weighted by atomic mass is 16.2. The maximum Gasteiger partial charge on any atom is 0.255 e. The molecule has 0 aliphatic carbocycles. The van der Waals surface area contributed by atoms with E-state index < -0.39 is 6.04 Å². The molecule has 0 bridgehead atoms. The van der Waals surface area contributed by atoms with E-state index in [2.05, 4.69) is 58.6 Å². The fraction of sp³-hybridized carbons (Fsp3) is 0.344. The predicted molar refractivity (Wildman–Crippen MR) is 155 cm³/mol. The summed E-state index contributed by atoms with van der Waals surface area (Å²) in [6, 6.07) is 18.2. The van der Waals surface area contributed by atoms with Crippen LogP contribution in [0.15, 0.2) is 60.8 Å². The van der Waals surface area contributed by atoms with Gasteiger partial charge in [-0.05, 0) is 77.4 Å². The number of hydrogen-bond acceptors (Lipinski definition) is 4. The Labute approximate surface area is 235 Å². The lowest BCUT2D eigenvalue weighted by atomic mass is 9.98. The van der Waals surface area contributed by atoms with Crippen molar-refractivity contribution in [2.45, 2.75) is 51.9 Å². The van der Waals surface area contributed by atoms with Gasteiger partial charge in [0.25, 0.3) is 5.91 Å². The second-order valence-corrected chi connectivity index (χ2v) is 10.7. The third kappa shape index (κ3) is 5.72. The van der Waals surface area contributed by atoms with Crippen molar-refractivity contribution in [1.29, 1.82) is 0 Å². The van der Waals surface area contributed by atoms with E-state index in [-0.39, 0.29) is 18.2 Å². The van der Waals surface area contributed by atoms with Gasteiger partial charge >= 0.3 is 0 Å². The molecule has 0 fully saturated rings. The average molecular weight is 540 g/mol. The van der Waals surface area contributed by atoms with Crippen LogP contribution >= 0.6 is 0 Å². The molecule has 3 aromatic rings. The van der Waals surface area contributed by atoms with Crippen LogP contribution in [0.3, 0.4) is 0 Å². The molecule has 40 heavy (non-hydrogen) atoms. The standard InChI is InChI=1S/C32H37N5O3/c1-22-12-14-35(3)34-29(18-26(22)20-36-15-13-23-7-4-5-8-25(23)19-36)24-10-11-28-27(17-24)21-37(32(28)40)30(9-6-16-38)31(39)33-2/h4-5,7-8,10-12,14,16-18,30,34H,6,9,13,15,19-21H2,1-3H3,(H,33,39). The third-order valence-electron chi connectivity index (χ3n) is 8.01. The Morgan fingerprint density at radius 1 is 1.07 bits per heavy atom. The van der Waals surface area contributed by atoms with Gasteiger partial charge in [-0.2, -0.15) is 0 Å². The highest BCUT2D eigenvalue weighted by Crippen LogP contribution is 2.31. The van der Waals surface area contributed by atoms with Crippen molar-refractivity contribution in [3.63, 3.8) is 0 Å². The van der Waals surface area contributed by atoms with Crippen LogP contribution in [0, 0.1) is 6.92 Å². The number of carbonyl (C=O) groups is 3. The average Bonchev–Trinajstić information content (AvgIpc) is 3.29. The van der Waals surface area contributed by atoms with Crippen molar-refractivity contribution in [2.75, 3.05) is 13.6 Å². The summed E-state index contributed by atoms with van der Waals surface area (Å²) >= 11 is 0. The SMILES string of the molecule is CNC(=O)C(CCC=O)N1Cc2cc(-c3cc(CN4CCc5ccccc5C4)c(C)ccn(C)[nH]3)ccc2C1=O. The van der Waals surface area contributed by atoms with E-state index in [1.165, 1.54) is 22.3 Å². The molecule has 1 atom stereocenters. The number of benzene rings is 2. The molecule has 0 saturated heterocycles. The van der Waals surface area contributed by atoms with Crippen LogP contribution < -0.4 is 5.32 Å². The number of aromatic nitrogens is 2. The number of amides is 2. The van der Waals surface area contributed by atoms with Crippen LogP contribution in [0.1, 0.15) is 51.0 Å². The fourth-order valence-corrected chi connectivity index (χ4v) is 5.71. The molecular formula is C32H37N5O3. The number of aldehydes is 1. The number of aromatic amines is 1. The first-order valence-electron chi connectivity index (χ1n) is 13.9. The molecule has 0 saturated carbocycles. The van der Waals surface area contributed by atoms with Crippen molar-refractivity contribution in [2.24, 2.45) is 7.05 Å². The smallest absolute Gasteiger partial charge is 0.255 e. The Morgan fingerprint density at radius 2 is 1.88 bits per heavy atom. The molecule has 5 rings (SSSR count). The Bertz CT molecular complexity index is 1490. The van der Waals surface area contributed by atoms with Gasteiger partial charge in [-0.25, -0.2) is 0 Å². The molecule has 1 aromatic heterocycles. The van der Waals surface area contributed by atoms with Crippen LogP contribution in [0.25, 0.3) is 11.3 Å². The number of nitrogens with one attached hydrogen (secondary N) is 2. The second kappa shape index (κ2) is 11.9. The van der Waals surface area contributed by atoms with Crippen molar-refractivity contribution in [3.05, 3.63) is 94.2 Å². The number of hydrogen-bond donors (Lipinski definition) is 2. The number of aryl methyl sites for hydroxylation is 2. The van der Waals surface area contributed by atoms with E-state index >= 15 is 0 Å². The molecule has 0 radical (unpaired) electrons. The Hall–Kier alpha value is -4.17. The summed E-state index contributed by atoms with van der Waals surface area (Å²) < 4.78 is 1.93. The molecule has 0 spiro atoms. The topological polar surface area (TPSA) is 90.4 Å². The van der Waals surface area contributed by atoms with Crippen molar-refractivity contribution in [1.82, 2.24) is 24.9 Å². The summed E-state index contributed by atoms with van der Waals surface area (Å²) in [7, 11) is 3.51. The zero-order valence-electron chi connectivity index (χ0n) is 23.4. The lowest BCUT2D eigenvalue weighted by Gasteiger charge is -2.29. The van der Waals surface area contributed by atoms with E-state index in [0.717, 1.165) is 49.2 Å². The summed E-state index contributed by atoms with van der Waals surface area (Å²) in [5.41, 5.74) is 8.65. The Morgan fingerprint density at radius 3 is 2.65 bits per heavy atom. The maximum absolute atomic E-state index is 13.3. The highest BCUT2D eigenvalue weighted by Gasteiger charge is 2.36. The number of carbonyl (C=O) groups excluding carboxylic acids is 3. The largest absolute Gasteiger partial charge is 0.357 e. The van der Waals surface area contributed by atoms with Gasteiger partial charge in [0.15, 0.2) is 0 Å². The van der Waals surface area contributed by atoms with Gasteiger partial charge in [0, 0.05) is 58.5 Å². The molecule has 8 nitrogen and oxygen atoms in total. The van der Waals surface area contributed by atoms with Crippen LogP contribution in [0.5, 0.6) is 0 Å². The molecule has 2 aliphatic rings. The molecule has 2 amide bonds. The van der Waals surface area contributed by atoms with Crippen LogP contribution in [0.4, 0.5) is 0 Å². The lowest BCUT2D eigenvalue weighted by Crippen LogP contribution is -2.46. The zero-order valence-corrected chi connectivity index (χ0v) is 23.4. The molecule has 2 aromatic carbocycles. The van der Waals surface area contributed by atoms with Gasteiger partial charge in [0.1, 0.15) is 12.3 Å². The minimum atomic E-state index is -0.680. The predicted octanol–water partition coefficient (Wildman–Crippen LogP) is 4.06. The maximum atomic E-state index is 13.3. The summed E-state index contributed by atoms with van der Waals surface area (Å²) in [4.78, 5) is 40.9. The molecule has 2 N–H and O–H groups in total. The minimum Gasteiger partial charge on any atom is -0.357 e. The first-order valence-corrected chi connectivity index (χ1v) is 13.9. The molecular weight excluding hydrogens is 502 g/mol. The molecule has 8 heteroatoms.